The van der Waals surface area contributed by atoms with Crippen molar-refractivity contribution in [3.8, 4) is 0 Å². The van der Waals surface area contributed by atoms with Crippen LogP contribution in [-0.4, -0.2) is 35.0 Å². The number of nitrogens with zero attached hydrogens (tertiary/aromatic N) is 1. The predicted molar refractivity (Wildman–Crippen MR) is 91.3 cm³/mol. The van der Waals surface area contributed by atoms with Crippen LogP contribution in [0.1, 0.15) is 5.56 Å². The van der Waals surface area contributed by atoms with Gasteiger partial charge in [0.1, 0.15) is 11.6 Å². The molecule has 2 N–H and O–H groups in total. The Balaban J connectivity index is 1.72. The van der Waals surface area contributed by atoms with Gasteiger partial charge in [0.05, 0.1) is 17.5 Å². The van der Waals surface area contributed by atoms with Crippen LogP contribution in [0.4, 0.5) is 14.5 Å². The van der Waals surface area contributed by atoms with Crippen LogP contribution in [0.5, 0.6) is 0 Å². The van der Waals surface area contributed by atoms with Crippen molar-refractivity contribution in [2.45, 2.75) is 6.54 Å². The largest absolute Gasteiger partial charge is 0.481 e. The summed E-state index contributed by atoms with van der Waals surface area (Å²) in [4.78, 5) is 25.9. The Morgan fingerprint density at radius 1 is 1.08 bits per heavy atom. The number of carboxylic acids is 1. The normalized spacial score (nSPS) is 20.1. The zero-order valence-electron chi connectivity index (χ0n) is 13.9. The fraction of sp³-hybridized carbons (Fsp3) is 0.263. The van der Waals surface area contributed by atoms with Crippen molar-refractivity contribution in [2.24, 2.45) is 11.8 Å². The van der Waals surface area contributed by atoms with E-state index >= 15 is 0 Å². The van der Waals surface area contributed by atoms with E-state index in [1.807, 2.05) is 35.2 Å². The second-order valence-electron chi connectivity index (χ2n) is 6.34. The first-order valence-corrected chi connectivity index (χ1v) is 8.19. The monoisotopic (exact) mass is 360 g/mol. The van der Waals surface area contributed by atoms with Crippen molar-refractivity contribution < 1.29 is 23.5 Å². The molecular formula is C19H18F2N2O3. The van der Waals surface area contributed by atoms with Crippen LogP contribution in [0.2, 0.25) is 0 Å². The highest BCUT2D eigenvalue weighted by Crippen LogP contribution is 2.27. The molecule has 2 aromatic carbocycles. The van der Waals surface area contributed by atoms with Gasteiger partial charge in [0, 0.05) is 25.7 Å². The third-order valence-corrected chi connectivity index (χ3v) is 4.49. The predicted octanol–water partition coefficient (Wildman–Crippen LogP) is 2.74. The highest BCUT2D eigenvalue weighted by molar-refractivity contribution is 5.95. The quantitative estimate of drug-likeness (QED) is 0.860. The molecule has 0 spiro atoms. The third kappa shape index (κ3) is 4.05. The molecule has 1 heterocycles. The smallest absolute Gasteiger partial charge is 0.308 e. The molecule has 136 valence electrons. The second-order valence-corrected chi connectivity index (χ2v) is 6.34. The lowest BCUT2D eigenvalue weighted by atomic mass is 9.95. The number of benzene rings is 2. The number of carboxylic acid groups (broad SMARTS) is 1. The SMILES string of the molecule is O=C(Nc1ccc(F)cc1F)[C@H]1CN(Cc2ccccc2)C[C@H]1C(=O)O. The van der Waals surface area contributed by atoms with E-state index in [4.69, 9.17) is 0 Å². The number of hydrogen-bond acceptors (Lipinski definition) is 3. The van der Waals surface area contributed by atoms with Crippen molar-refractivity contribution in [1.82, 2.24) is 4.90 Å². The Kier molecular flexibility index (Phi) is 5.27. The van der Waals surface area contributed by atoms with Crippen molar-refractivity contribution in [3.05, 3.63) is 65.7 Å². The Morgan fingerprint density at radius 3 is 2.42 bits per heavy atom. The zero-order valence-corrected chi connectivity index (χ0v) is 13.9. The summed E-state index contributed by atoms with van der Waals surface area (Å²) in [5.74, 6) is -5.01. The molecule has 1 aliphatic rings. The molecule has 2 aromatic rings. The van der Waals surface area contributed by atoms with Gasteiger partial charge in [-0.2, -0.15) is 0 Å². The van der Waals surface area contributed by atoms with Gasteiger partial charge < -0.3 is 10.4 Å². The molecule has 0 aliphatic carbocycles. The van der Waals surface area contributed by atoms with E-state index in [1.54, 1.807) is 0 Å². The molecular weight excluding hydrogens is 342 g/mol. The molecule has 7 heteroatoms. The van der Waals surface area contributed by atoms with Crippen LogP contribution in [0, 0.1) is 23.5 Å². The minimum atomic E-state index is -1.07. The summed E-state index contributed by atoms with van der Waals surface area (Å²) >= 11 is 0. The number of nitrogens with one attached hydrogen (secondary N) is 1. The number of hydrogen-bond donors (Lipinski definition) is 2. The fourth-order valence-corrected chi connectivity index (χ4v) is 3.19. The Bertz CT molecular complexity index is 814. The van der Waals surface area contributed by atoms with Crippen molar-refractivity contribution >= 4 is 17.6 Å². The molecule has 0 unspecified atom stereocenters. The van der Waals surface area contributed by atoms with E-state index < -0.39 is 35.3 Å². The molecule has 3 rings (SSSR count). The van der Waals surface area contributed by atoms with Crippen molar-refractivity contribution in [3.63, 3.8) is 0 Å². The Hall–Kier alpha value is -2.80. The van der Waals surface area contributed by atoms with Gasteiger partial charge in [-0.25, -0.2) is 8.78 Å². The Labute approximate surface area is 149 Å². The van der Waals surface area contributed by atoms with E-state index in [2.05, 4.69) is 5.32 Å². The van der Waals surface area contributed by atoms with E-state index in [-0.39, 0.29) is 18.8 Å². The molecule has 0 bridgehead atoms. The first-order chi connectivity index (χ1) is 12.4. The maximum Gasteiger partial charge on any atom is 0.308 e. The zero-order chi connectivity index (χ0) is 18.7. The van der Waals surface area contributed by atoms with Gasteiger partial charge in [-0.05, 0) is 17.7 Å². The van der Waals surface area contributed by atoms with E-state index in [9.17, 15) is 23.5 Å². The van der Waals surface area contributed by atoms with Crippen LogP contribution < -0.4 is 5.32 Å². The first kappa shape index (κ1) is 18.0. The van der Waals surface area contributed by atoms with Crippen molar-refractivity contribution in [2.75, 3.05) is 18.4 Å². The van der Waals surface area contributed by atoms with Gasteiger partial charge in [0.2, 0.25) is 5.91 Å². The van der Waals surface area contributed by atoms with Gasteiger partial charge in [-0.15, -0.1) is 0 Å². The standard InChI is InChI=1S/C19H18F2N2O3/c20-13-6-7-17(16(21)8-13)22-18(24)14-10-23(11-15(14)19(25)26)9-12-4-2-1-3-5-12/h1-8,14-15H,9-11H2,(H,22,24)(H,25,26)/t14-,15+/m0/s1. The van der Waals surface area contributed by atoms with E-state index in [1.165, 1.54) is 0 Å². The molecule has 1 aliphatic heterocycles. The molecule has 26 heavy (non-hydrogen) atoms. The van der Waals surface area contributed by atoms with Gasteiger partial charge in [0.15, 0.2) is 0 Å². The van der Waals surface area contributed by atoms with Crippen LogP contribution in [0.25, 0.3) is 0 Å². The number of anilines is 1. The first-order valence-electron chi connectivity index (χ1n) is 8.19. The van der Waals surface area contributed by atoms with Gasteiger partial charge in [-0.3, -0.25) is 14.5 Å². The number of carbonyl (C=O) groups is 2. The molecule has 2 atom stereocenters. The summed E-state index contributed by atoms with van der Waals surface area (Å²) < 4.78 is 26.7. The summed E-state index contributed by atoms with van der Waals surface area (Å²) in [6.45, 7) is 1.01. The fourth-order valence-electron chi connectivity index (χ4n) is 3.19. The summed E-state index contributed by atoms with van der Waals surface area (Å²) in [5.41, 5.74) is 0.851. The number of carbonyl (C=O) groups excluding carboxylic acids is 1. The average molecular weight is 360 g/mol. The van der Waals surface area contributed by atoms with Crippen molar-refractivity contribution in [1.29, 1.82) is 0 Å². The number of aliphatic carboxylic acids is 1. The molecule has 5 nitrogen and oxygen atoms in total. The van der Waals surface area contributed by atoms with Gasteiger partial charge >= 0.3 is 5.97 Å². The summed E-state index contributed by atoms with van der Waals surface area (Å²) in [6, 6.07) is 12.3. The van der Waals surface area contributed by atoms with Crippen LogP contribution in [-0.2, 0) is 16.1 Å². The molecule has 1 amide bonds. The van der Waals surface area contributed by atoms with Crippen LogP contribution >= 0.6 is 0 Å². The topological polar surface area (TPSA) is 69.6 Å². The Morgan fingerprint density at radius 2 is 1.77 bits per heavy atom. The highest BCUT2D eigenvalue weighted by atomic mass is 19.1. The molecule has 0 radical (unpaired) electrons. The number of likely N-dealkylation sites (tertiary alicyclic amines) is 1. The maximum atomic E-state index is 13.7. The average Bonchev–Trinajstić information content (AvgIpc) is 3.02. The summed E-state index contributed by atoms with van der Waals surface area (Å²) in [5, 5.41) is 11.8. The lowest BCUT2D eigenvalue weighted by molar-refractivity contribution is -0.144. The molecule has 1 fully saturated rings. The van der Waals surface area contributed by atoms with Gasteiger partial charge in [-0.1, -0.05) is 30.3 Å². The highest BCUT2D eigenvalue weighted by Gasteiger charge is 2.42. The lowest BCUT2D eigenvalue weighted by Gasteiger charge is -2.16. The third-order valence-electron chi connectivity index (χ3n) is 4.49. The van der Waals surface area contributed by atoms with Crippen LogP contribution in [0.3, 0.4) is 0 Å². The number of amides is 1. The van der Waals surface area contributed by atoms with Crippen LogP contribution in [0.15, 0.2) is 48.5 Å². The summed E-state index contributed by atoms with van der Waals surface area (Å²) in [7, 11) is 0. The molecule has 1 saturated heterocycles. The second kappa shape index (κ2) is 7.61. The number of rotatable bonds is 5. The lowest BCUT2D eigenvalue weighted by Crippen LogP contribution is -2.33. The minimum Gasteiger partial charge on any atom is -0.481 e. The van der Waals surface area contributed by atoms with E-state index in [0.29, 0.717) is 12.6 Å². The molecule has 0 aromatic heterocycles. The summed E-state index contributed by atoms with van der Waals surface area (Å²) in [6.07, 6.45) is 0. The number of halogens is 2. The minimum absolute atomic E-state index is 0.165. The maximum absolute atomic E-state index is 13.7. The van der Waals surface area contributed by atoms with E-state index in [0.717, 1.165) is 17.7 Å². The van der Waals surface area contributed by atoms with Gasteiger partial charge in [0.25, 0.3) is 0 Å². The molecule has 0 saturated carbocycles.